The largest absolute Gasteiger partial charge is 0.462 e. The average Bonchev–Trinajstić information content (AvgIpc) is 3.35. The Morgan fingerprint density at radius 3 is 2.68 bits per heavy atom. The molecule has 3 atom stereocenters. The van der Waals surface area contributed by atoms with E-state index in [1.165, 1.54) is 19.3 Å². The molecule has 2 unspecified atom stereocenters. The van der Waals surface area contributed by atoms with Gasteiger partial charge in [0, 0.05) is 47.9 Å². The molecule has 7 nitrogen and oxygen atoms in total. The summed E-state index contributed by atoms with van der Waals surface area (Å²) < 4.78 is 6.23. The van der Waals surface area contributed by atoms with Gasteiger partial charge in [0.05, 0.1) is 10.5 Å². The van der Waals surface area contributed by atoms with Gasteiger partial charge in [0.25, 0.3) is 0 Å². The third kappa shape index (κ3) is 3.85. The molecule has 0 aliphatic carbocycles. The molecule has 3 aliphatic heterocycles. The highest BCUT2D eigenvalue weighted by molar-refractivity contribution is 6.34. The monoisotopic (exact) mass is 478 g/mol. The predicted molar refractivity (Wildman–Crippen MR) is 138 cm³/mol. The fourth-order valence-electron chi connectivity index (χ4n) is 5.84. The summed E-state index contributed by atoms with van der Waals surface area (Å²) in [5.41, 5.74) is 9.58. The van der Waals surface area contributed by atoms with E-state index in [0.717, 1.165) is 53.9 Å². The molecule has 0 saturated carbocycles. The normalized spacial score (nSPS) is 24.8. The van der Waals surface area contributed by atoms with Crippen molar-refractivity contribution in [3.05, 3.63) is 41.4 Å². The maximum Gasteiger partial charge on any atom is 0.319 e. The van der Waals surface area contributed by atoms with Crippen molar-refractivity contribution in [2.24, 2.45) is 0 Å². The highest BCUT2D eigenvalue weighted by Gasteiger charge is 2.38. The van der Waals surface area contributed by atoms with Crippen molar-refractivity contribution in [3.8, 4) is 17.1 Å². The molecule has 3 fully saturated rings. The number of nitrogens with two attached hydrogens (primary N) is 1. The molecular formula is C26H31ClN6O. The molecular weight excluding hydrogens is 448 g/mol. The summed E-state index contributed by atoms with van der Waals surface area (Å²) in [6, 6.07) is 13.6. The molecule has 6 rings (SSSR count). The van der Waals surface area contributed by atoms with Crippen LogP contribution < -0.4 is 20.7 Å². The minimum Gasteiger partial charge on any atom is -0.462 e. The topological polar surface area (TPSA) is 79.5 Å². The molecule has 0 radical (unpaired) electrons. The fourth-order valence-corrected chi connectivity index (χ4v) is 6.13. The minimum atomic E-state index is 0.410. The van der Waals surface area contributed by atoms with E-state index in [4.69, 9.17) is 32.0 Å². The number of anilines is 2. The summed E-state index contributed by atoms with van der Waals surface area (Å²) >= 11 is 6.52. The van der Waals surface area contributed by atoms with Crippen molar-refractivity contribution < 1.29 is 4.74 Å². The van der Waals surface area contributed by atoms with Crippen LogP contribution >= 0.6 is 11.6 Å². The molecule has 34 heavy (non-hydrogen) atoms. The second-order valence-corrected chi connectivity index (χ2v) is 10.2. The molecule has 0 amide bonds. The lowest BCUT2D eigenvalue weighted by molar-refractivity contribution is 0.188. The summed E-state index contributed by atoms with van der Waals surface area (Å²) in [7, 11) is 2.16. The maximum absolute atomic E-state index is 6.52. The van der Waals surface area contributed by atoms with Crippen molar-refractivity contribution in [1.82, 2.24) is 20.2 Å². The second kappa shape index (κ2) is 8.87. The Kier molecular flexibility index (Phi) is 5.71. The van der Waals surface area contributed by atoms with Gasteiger partial charge < -0.3 is 25.6 Å². The number of nitrogens with one attached hydrogen (secondary N) is 1. The van der Waals surface area contributed by atoms with Crippen LogP contribution in [0.3, 0.4) is 0 Å². The standard InChI is InChI=1S/C26H31ClN6O/c1-32-11-3-4-19(32)15-34-26-30-23-12-16(24-21(27)5-2-6-22(24)28)7-10-20(23)25(31-26)33-17-8-9-18(33)14-29-13-17/h2,5-7,10,12,17-19,29H,3-4,8-9,11,13-15,28H2,1H3/t17?,18?,19-/m0/s1. The third-order valence-corrected chi connectivity index (χ3v) is 8.01. The SMILES string of the molecule is CN1CCC[C@H]1COc1nc(N2C3CCC2CNC3)c2ccc(-c3c(N)cccc3Cl)cc2n1. The Morgan fingerprint density at radius 1 is 1.12 bits per heavy atom. The van der Waals surface area contributed by atoms with Crippen molar-refractivity contribution in [3.63, 3.8) is 0 Å². The molecule has 3 aromatic rings. The smallest absolute Gasteiger partial charge is 0.319 e. The van der Waals surface area contributed by atoms with Crippen LogP contribution in [0.25, 0.3) is 22.0 Å². The number of hydrogen-bond acceptors (Lipinski definition) is 7. The van der Waals surface area contributed by atoms with Crippen LogP contribution in [0.1, 0.15) is 25.7 Å². The van der Waals surface area contributed by atoms with Gasteiger partial charge in [-0.15, -0.1) is 0 Å². The molecule has 0 spiro atoms. The molecule has 1 aromatic heterocycles. The molecule has 3 saturated heterocycles. The first-order valence-electron chi connectivity index (χ1n) is 12.3. The number of benzene rings is 2. The van der Waals surface area contributed by atoms with Gasteiger partial charge in [-0.05, 0) is 69.1 Å². The Bertz CT molecular complexity index is 1180. The first kappa shape index (κ1) is 21.9. The highest BCUT2D eigenvalue weighted by Crippen LogP contribution is 2.39. The van der Waals surface area contributed by atoms with E-state index >= 15 is 0 Å². The minimum absolute atomic E-state index is 0.410. The fraction of sp³-hybridized carbons (Fsp3) is 0.462. The lowest BCUT2D eigenvalue weighted by atomic mass is 10.0. The molecule has 178 valence electrons. The van der Waals surface area contributed by atoms with E-state index in [0.29, 0.717) is 41.5 Å². The average molecular weight is 479 g/mol. The summed E-state index contributed by atoms with van der Waals surface area (Å²) in [6.45, 7) is 3.69. The molecule has 4 heterocycles. The van der Waals surface area contributed by atoms with Crippen molar-refractivity contribution in [2.75, 3.05) is 43.9 Å². The van der Waals surface area contributed by atoms with E-state index in [-0.39, 0.29) is 0 Å². The molecule has 3 aliphatic rings. The Balaban J connectivity index is 1.43. The van der Waals surface area contributed by atoms with Crippen molar-refractivity contribution in [1.29, 1.82) is 0 Å². The van der Waals surface area contributed by atoms with Gasteiger partial charge in [-0.3, -0.25) is 0 Å². The molecule has 2 aromatic carbocycles. The summed E-state index contributed by atoms with van der Waals surface area (Å²) in [6.07, 6.45) is 4.72. The van der Waals surface area contributed by atoms with Gasteiger partial charge in [-0.25, -0.2) is 0 Å². The summed E-state index contributed by atoms with van der Waals surface area (Å²) in [5.74, 6) is 0.979. The number of piperazine rings is 1. The quantitative estimate of drug-likeness (QED) is 0.537. The highest BCUT2D eigenvalue weighted by atomic mass is 35.5. The number of hydrogen-bond donors (Lipinski definition) is 2. The molecule has 8 heteroatoms. The van der Waals surface area contributed by atoms with Crippen LogP contribution in [-0.2, 0) is 0 Å². The van der Waals surface area contributed by atoms with Gasteiger partial charge in [0.1, 0.15) is 12.4 Å². The lowest BCUT2D eigenvalue weighted by Gasteiger charge is -2.37. The van der Waals surface area contributed by atoms with E-state index in [9.17, 15) is 0 Å². The Hall–Kier alpha value is -2.61. The van der Waals surface area contributed by atoms with Crippen LogP contribution in [0.2, 0.25) is 5.02 Å². The van der Waals surface area contributed by atoms with Gasteiger partial charge in [-0.1, -0.05) is 23.7 Å². The van der Waals surface area contributed by atoms with Crippen LogP contribution in [-0.4, -0.2) is 66.3 Å². The van der Waals surface area contributed by atoms with Crippen LogP contribution in [0.5, 0.6) is 6.01 Å². The Morgan fingerprint density at radius 2 is 1.94 bits per heavy atom. The first-order chi connectivity index (χ1) is 16.6. The zero-order valence-corrected chi connectivity index (χ0v) is 20.3. The zero-order chi connectivity index (χ0) is 23.2. The number of nitrogens with zero attached hydrogens (tertiary/aromatic N) is 4. The van der Waals surface area contributed by atoms with Crippen molar-refractivity contribution in [2.45, 2.75) is 43.8 Å². The number of rotatable bonds is 5. The summed E-state index contributed by atoms with van der Waals surface area (Å²) in [4.78, 5) is 14.7. The van der Waals surface area contributed by atoms with Crippen molar-refractivity contribution >= 4 is 34.0 Å². The third-order valence-electron chi connectivity index (χ3n) is 7.69. The van der Waals surface area contributed by atoms with Crippen LogP contribution in [0.4, 0.5) is 11.5 Å². The van der Waals surface area contributed by atoms with E-state index in [1.807, 2.05) is 18.2 Å². The van der Waals surface area contributed by atoms with Gasteiger partial charge in [-0.2, -0.15) is 9.97 Å². The predicted octanol–water partition coefficient (Wildman–Crippen LogP) is 3.95. The number of likely N-dealkylation sites (N-methyl/N-ethyl adjacent to an activating group) is 1. The molecule has 3 N–H and O–H groups in total. The van der Waals surface area contributed by atoms with E-state index < -0.39 is 0 Å². The number of nitrogen functional groups attached to an aromatic ring is 1. The van der Waals surface area contributed by atoms with Crippen LogP contribution in [0.15, 0.2) is 36.4 Å². The number of aromatic nitrogens is 2. The number of fused-ring (bicyclic) bond motifs is 3. The number of halogens is 1. The van der Waals surface area contributed by atoms with Gasteiger partial charge in [0.2, 0.25) is 0 Å². The maximum atomic E-state index is 6.52. The Labute approximate surface area is 205 Å². The number of ether oxygens (including phenoxy) is 1. The first-order valence-corrected chi connectivity index (χ1v) is 12.6. The second-order valence-electron chi connectivity index (χ2n) is 9.80. The van der Waals surface area contributed by atoms with Gasteiger partial charge in [0.15, 0.2) is 0 Å². The van der Waals surface area contributed by atoms with E-state index in [2.05, 4.69) is 40.4 Å². The molecule has 2 bridgehead atoms. The lowest BCUT2D eigenvalue weighted by Crippen LogP contribution is -2.52. The van der Waals surface area contributed by atoms with E-state index in [1.54, 1.807) is 0 Å². The van der Waals surface area contributed by atoms with Gasteiger partial charge >= 0.3 is 6.01 Å². The summed E-state index contributed by atoms with van der Waals surface area (Å²) in [5, 5.41) is 5.24. The zero-order valence-electron chi connectivity index (χ0n) is 19.5. The van der Waals surface area contributed by atoms with Crippen LogP contribution in [0, 0.1) is 0 Å². The number of likely N-dealkylation sites (tertiary alicyclic amines) is 1.